The number of hydrogen-bond donors (Lipinski definition) is 2. The van der Waals surface area contributed by atoms with E-state index in [0.717, 1.165) is 6.54 Å². The van der Waals surface area contributed by atoms with Crippen molar-refractivity contribution in [2.24, 2.45) is 17.1 Å². The van der Waals surface area contributed by atoms with Crippen molar-refractivity contribution in [3.05, 3.63) is 0 Å². The van der Waals surface area contributed by atoms with Gasteiger partial charge < -0.3 is 16.0 Å². The van der Waals surface area contributed by atoms with Crippen LogP contribution in [0.5, 0.6) is 0 Å². The molecule has 0 spiro atoms. The van der Waals surface area contributed by atoms with Crippen LogP contribution in [0.2, 0.25) is 0 Å². The van der Waals surface area contributed by atoms with Crippen LogP contribution < -0.4 is 11.1 Å². The number of piperidine rings is 1. The second kappa shape index (κ2) is 5.03. The molecule has 1 saturated heterocycles. The molecular formula is C13H27N3. The molecule has 3 heteroatoms. The fourth-order valence-electron chi connectivity index (χ4n) is 3.61. The number of hydrogen-bond acceptors (Lipinski definition) is 3. The molecule has 1 aliphatic heterocycles. The standard InChI is InChI=1S/C13H27N3/c1-15-10-13(6-4-7-13)12(14)11-5-3-8-16(2)9-11/h11-12,15H,3-10,14H2,1-2H3. The third-order valence-corrected chi connectivity index (χ3v) is 4.75. The average Bonchev–Trinajstić information content (AvgIpc) is 2.22. The van der Waals surface area contributed by atoms with E-state index in [4.69, 9.17) is 5.73 Å². The Morgan fingerprint density at radius 2 is 2.19 bits per heavy atom. The van der Waals surface area contributed by atoms with Crippen LogP contribution in [-0.2, 0) is 0 Å². The zero-order chi connectivity index (χ0) is 11.6. The molecule has 0 aromatic rings. The highest BCUT2D eigenvalue weighted by Crippen LogP contribution is 2.45. The molecule has 3 nitrogen and oxygen atoms in total. The molecule has 2 fully saturated rings. The smallest absolute Gasteiger partial charge is 0.0148 e. The van der Waals surface area contributed by atoms with E-state index in [1.165, 1.54) is 45.2 Å². The van der Waals surface area contributed by atoms with Gasteiger partial charge in [-0.1, -0.05) is 6.42 Å². The van der Waals surface area contributed by atoms with Gasteiger partial charge in [-0.15, -0.1) is 0 Å². The van der Waals surface area contributed by atoms with Crippen molar-refractivity contribution < 1.29 is 0 Å². The first-order valence-electron chi connectivity index (χ1n) is 6.77. The number of nitrogens with one attached hydrogen (secondary N) is 1. The molecule has 1 aliphatic carbocycles. The van der Waals surface area contributed by atoms with Gasteiger partial charge in [0.15, 0.2) is 0 Å². The lowest BCUT2D eigenvalue weighted by atomic mass is 9.60. The maximum atomic E-state index is 6.57. The minimum Gasteiger partial charge on any atom is -0.327 e. The summed E-state index contributed by atoms with van der Waals surface area (Å²) in [6, 6.07) is 0.399. The van der Waals surface area contributed by atoms with Crippen LogP contribution in [0.25, 0.3) is 0 Å². The number of nitrogens with zero attached hydrogens (tertiary/aromatic N) is 1. The summed E-state index contributed by atoms with van der Waals surface area (Å²) in [4.78, 5) is 2.44. The Kier molecular flexibility index (Phi) is 3.88. The summed E-state index contributed by atoms with van der Waals surface area (Å²) in [5.41, 5.74) is 6.98. The summed E-state index contributed by atoms with van der Waals surface area (Å²) < 4.78 is 0. The summed E-state index contributed by atoms with van der Waals surface area (Å²) in [7, 11) is 4.28. The molecule has 2 aliphatic rings. The third kappa shape index (κ3) is 2.27. The predicted molar refractivity (Wildman–Crippen MR) is 68.4 cm³/mol. The van der Waals surface area contributed by atoms with E-state index in [9.17, 15) is 0 Å². The Morgan fingerprint density at radius 1 is 1.44 bits per heavy atom. The number of rotatable bonds is 4. The summed E-state index contributed by atoms with van der Waals surface area (Å²) >= 11 is 0. The molecule has 94 valence electrons. The van der Waals surface area contributed by atoms with Crippen molar-refractivity contribution in [3.63, 3.8) is 0 Å². The molecule has 16 heavy (non-hydrogen) atoms. The molecule has 2 atom stereocenters. The monoisotopic (exact) mass is 225 g/mol. The lowest BCUT2D eigenvalue weighted by Gasteiger charge is -2.50. The van der Waals surface area contributed by atoms with Crippen LogP contribution >= 0.6 is 0 Å². The van der Waals surface area contributed by atoms with Gasteiger partial charge in [-0.25, -0.2) is 0 Å². The highest BCUT2D eigenvalue weighted by Gasteiger charge is 2.45. The van der Waals surface area contributed by atoms with Gasteiger partial charge in [-0.05, 0) is 57.7 Å². The van der Waals surface area contributed by atoms with Gasteiger partial charge in [0.25, 0.3) is 0 Å². The van der Waals surface area contributed by atoms with Crippen molar-refractivity contribution in [2.45, 2.75) is 38.1 Å². The molecule has 0 radical (unpaired) electrons. The van der Waals surface area contributed by atoms with Crippen LogP contribution in [0.1, 0.15) is 32.1 Å². The predicted octanol–water partition coefficient (Wildman–Crippen LogP) is 1.05. The Morgan fingerprint density at radius 3 is 2.69 bits per heavy atom. The molecule has 1 heterocycles. The van der Waals surface area contributed by atoms with Gasteiger partial charge in [0, 0.05) is 19.1 Å². The maximum Gasteiger partial charge on any atom is 0.0148 e. The van der Waals surface area contributed by atoms with Crippen LogP contribution in [0.15, 0.2) is 0 Å². The lowest BCUT2D eigenvalue weighted by Crippen LogP contribution is -2.57. The lowest BCUT2D eigenvalue weighted by molar-refractivity contribution is 0.0409. The average molecular weight is 225 g/mol. The summed E-state index contributed by atoms with van der Waals surface area (Å²) in [5, 5.41) is 3.35. The molecular weight excluding hydrogens is 198 g/mol. The first-order chi connectivity index (χ1) is 7.68. The Hall–Kier alpha value is -0.120. The van der Waals surface area contributed by atoms with Gasteiger partial charge in [0.2, 0.25) is 0 Å². The summed E-state index contributed by atoms with van der Waals surface area (Å²) in [6.07, 6.45) is 6.68. The van der Waals surface area contributed by atoms with Gasteiger partial charge in [-0.3, -0.25) is 0 Å². The largest absolute Gasteiger partial charge is 0.327 e. The quantitative estimate of drug-likeness (QED) is 0.751. The Balaban J connectivity index is 1.96. The van der Waals surface area contributed by atoms with Crippen LogP contribution in [0.4, 0.5) is 0 Å². The van der Waals surface area contributed by atoms with Crippen molar-refractivity contribution >= 4 is 0 Å². The van der Waals surface area contributed by atoms with Crippen molar-refractivity contribution in [1.29, 1.82) is 0 Å². The summed E-state index contributed by atoms with van der Waals surface area (Å²) in [5.74, 6) is 0.715. The third-order valence-electron chi connectivity index (χ3n) is 4.75. The van der Waals surface area contributed by atoms with Crippen LogP contribution in [0, 0.1) is 11.3 Å². The molecule has 0 bridgehead atoms. The van der Waals surface area contributed by atoms with E-state index >= 15 is 0 Å². The van der Waals surface area contributed by atoms with Crippen LogP contribution in [-0.4, -0.2) is 44.7 Å². The van der Waals surface area contributed by atoms with Crippen molar-refractivity contribution in [3.8, 4) is 0 Å². The minimum absolute atomic E-state index is 0.399. The van der Waals surface area contributed by atoms with Crippen molar-refractivity contribution in [2.75, 3.05) is 33.7 Å². The molecule has 2 rings (SSSR count). The maximum absolute atomic E-state index is 6.57. The second-order valence-electron chi connectivity index (χ2n) is 5.94. The highest BCUT2D eigenvalue weighted by molar-refractivity contribution is 5.00. The van der Waals surface area contributed by atoms with Gasteiger partial charge in [0.05, 0.1) is 0 Å². The molecule has 1 saturated carbocycles. The van der Waals surface area contributed by atoms with E-state index < -0.39 is 0 Å². The zero-order valence-electron chi connectivity index (χ0n) is 10.8. The Bertz CT molecular complexity index is 225. The minimum atomic E-state index is 0.399. The van der Waals surface area contributed by atoms with Gasteiger partial charge in [0.1, 0.15) is 0 Å². The molecule has 0 aromatic carbocycles. The molecule has 3 N–H and O–H groups in total. The zero-order valence-corrected chi connectivity index (χ0v) is 10.8. The number of nitrogens with two attached hydrogens (primary N) is 1. The highest BCUT2D eigenvalue weighted by atomic mass is 15.1. The topological polar surface area (TPSA) is 41.3 Å². The fraction of sp³-hybridized carbons (Fsp3) is 1.00. The van der Waals surface area contributed by atoms with E-state index in [1.807, 2.05) is 0 Å². The SMILES string of the molecule is CNCC1(C(N)C2CCCN(C)C2)CCC1. The normalized spacial score (nSPS) is 32.1. The molecule has 0 amide bonds. The number of likely N-dealkylation sites (tertiary alicyclic amines) is 1. The molecule has 2 unspecified atom stereocenters. The van der Waals surface area contributed by atoms with Crippen molar-refractivity contribution in [1.82, 2.24) is 10.2 Å². The van der Waals surface area contributed by atoms with Crippen LogP contribution in [0.3, 0.4) is 0 Å². The van der Waals surface area contributed by atoms with Gasteiger partial charge >= 0.3 is 0 Å². The fourth-order valence-corrected chi connectivity index (χ4v) is 3.61. The van der Waals surface area contributed by atoms with E-state index in [0.29, 0.717) is 17.4 Å². The molecule has 0 aromatic heterocycles. The van der Waals surface area contributed by atoms with E-state index in [2.05, 4.69) is 24.3 Å². The first-order valence-corrected chi connectivity index (χ1v) is 6.77. The first kappa shape index (κ1) is 12.3. The van der Waals surface area contributed by atoms with E-state index in [-0.39, 0.29) is 0 Å². The Labute approximate surface area is 99.8 Å². The second-order valence-corrected chi connectivity index (χ2v) is 5.94. The van der Waals surface area contributed by atoms with Gasteiger partial charge in [-0.2, -0.15) is 0 Å². The van der Waals surface area contributed by atoms with E-state index in [1.54, 1.807) is 0 Å². The summed E-state index contributed by atoms with van der Waals surface area (Å²) in [6.45, 7) is 3.56.